The molecule has 0 spiro atoms. The highest BCUT2D eigenvalue weighted by Gasteiger charge is 2.14. The molecule has 27 heavy (non-hydrogen) atoms. The van der Waals surface area contributed by atoms with E-state index in [0.717, 1.165) is 5.56 Å². The second-order valence-corrected chi connectivity index (χ2v) is 5.31. The lowest BCUT2D eigenvalue weighted by Gasteiger charge is -2.19. The first-order valence-electron chi connectivity index (χ1n) is 8.31. The lowest BCUT2D eigenvalue weighted by Crippen LogP contribution is -2.36. The molecule has 0 saturated heterocycles. The van der Waals surface area contributed by atoms with Gasteiger partial charge in [-0.3, -0.25) is 4.79 Å². The molecule has 0 N–H and O–H groups in total. The van der Waals surface area contributed by atoms with Crippen molar-refractivity contribution in [2.75, 3.05) is 26.3 Å². The number of amides is 1. The summed E-state index contributed by atoms with van der Waals surface area (Å²) >= 11 is 0. The van der Waals surface area contributed by atoms with Gasteiger partial charge in [0, 0.05) is 19.2 Å². The summed E-state index contributed by atoms with van der Waals surface area (Å²) in [6.45, 7) is 3.94. The van der Waals surface area contributed by atoms with Crippen LogP contribution in [-0.2, 0) is 14.3 Å². The maximum atomic E-state index is 12.0. The van der Waals surface area contributed by atoms with E-state index >= 15 is 0 Å². The van der Waals surface area contributed by atoms with Crippen molar-refractivity contribution in [3.8, 4) is 17.9 Å². The van der Waals surface area contributed by atoms with Crippen molar-refractivity contribution in [2.24, 2.45) is 0 Å². The van der Waals surface area contributed by atoms with E-state index < -0.39 is 18.5 Å². The molecule has 140 valence electrons. The first kappa shape index (κ1) is 21.5. The quantitative estimate of drug-likeness (QED) is 0.338. The molecule has 0 heterocycles. The molecule has 7 heteroatoms. The Hall–Kier alpha value is -3.58. The lowest BCUT2D eigenvalue weighted by atomic mass is 10.2. The predicted molar refractivity (Wildman–Crippen MR) is 99.2 cm³/mol. The number of hydrogen-bond acceptors (Lipinski definition) is 6. The van der Waals surface area contributed by atoms with Crippen molar-refractivity contribution >= 4 is 18.0 Å². The molecule has 0 unspecified atom stereocenters. The summed E-state index contributed by atoms with van der Waals surface area (Å²) in [5.74, 6) is -0.406. The van der Waals surface area contributed by atoms with E-state index in [0.29, 0.717) is 12.4 Å². The zero-order valence-corrected chi connectivity index (χ0v) is 15.0. The number of ether oxygens (including phenoxy) is 2. The standard InChI is InChI=1S/C20H21N3O4/c1-2-15-26-18-8-5-17(6-9-18)7-10-20(25)27-16-19(24)23(13-3-11-21)14-4-12-22/h2,5-10H,1,3-4,13-16H2/b10-7+. The van der Waals surface area contributed by atoms with Crippen LogP contribution in [-0.4, -0.2) is 43.1 Å². The maximum absolute atomic E-state index is 12.0. The SMILES string of the molecule is C=CCOc1ccc(/C=C/C(=O)OCC(=O)N(CCC#N)CCC#N)cc1. The Balaban J connectivity index is 2.49. The van der Waals surface area contributed by atoms with Gasteiger partial charge in [0.25, 0.3) is 5.91 Å². The number of nitrogens with zero attached hydrogens (tertiary/aromatic N) is 3. The van der Waals surface area contributed by atoms with Gasteiger partial charge in [-0.15, -0.1) is 0 Å². The molecule has 7 nitrogen and oxygen atoms in total. The number of nitriles is 2. The van der Waals surface area contributed by atoms with Gasteiger partial charge in [0.15, 0.2) is 6.61 Å². The van der Waals surface area contributed by atoms with Crippen LogP contribution < -0.4 is 4.74 Å². The average molecular weight is 367 g/mol. The van der Waals surface area contributed by atoms with Crippen LogP contribution in [0.15, 0.2) is 43.0 Å². The van der Waals surface area contributed by atoms with Gasteiger partial charge in [0.2, 0.25) is 0 Å². The Kier molecular flexibility index (Phi) is 10.1. The fraction of sp³-hybridized carbons (Fsp3) is 0.300. The Morgan fingerprint density at radius 3 is 2.30 bits per heavy atom. The predicted octanol–water partition coefficient (Wildman–Crippen LogP) is 2.46. The number of hydrogen-bond donors (Lipinski definition) is 0. The summed E-state index contributed by atoms with van der Waals surface area (Å²) in [5, 5.41) is 17.2. The minimum atomic E-state index is -0.657. The van der Waals surface area contributed by atoms with Crippen molar-refractivity contribution in [1.82, 2.24) is 4.90 Å². The zero-order valence-electron chi connectivity index (χ0n) is 15.0. The molecule has 1 rings (SSSR count). The summed E-state index contributed by atoms with van der Waals surface area (Å²) < 4.78 is 10.3. The molecule has 0 fully saturated rings. The van der Waals surface area contributed by atoms with Crippen LogP contribution in [0.1, 0.15) is 18.4 Å². The largest absolute Gasteiger partial charge is 0.490 e. The fourth-order valence-electron chi connectivity index (χ4n) is 2.00. The Bertz CT molecular complexity index is 724. The molecule has 0 radical (unpaired) electrons. The van der Waals surface area contributed by atoms with Gasteiger partial charge in [-0.1, -0.05) is 24.8 Å². The minimum absolute atomic E-state index is 0.150. The summed E-state index contributed by atoms with van der Waals surface area (Å²) in [7, 11) is 0. The van der Waals surface area contributed by atoms with Gasteiger partial charge >= 0.3 is 5.97 Å². The highest BCUT2D eigenvalue weighted by atomic mass is 16.5. The van der Waals surface area contributed by atoms with Crippen molar-refractivity contribution in [3.05, 3.63) is 48.6 Å². The molecular weight excluding hydrogens is 346 g/mol. The molecule has 1 amide bonds. The summed E-state index contributed by atoms with van der Waals surface area (Å²) in [5.41, 5.74) is 0.772. The molecule has 0 atom stereocenters. The number of esters is 1. The third-order valence-corrected chi connectivity index (χ3v) is 3.34. The first-order valence-corrected chi connectivity index (χ1v) is 8.31. The molecule has 0 aliphatic heterocycles. The highest BCUT2D eigenvalue weighted by molar-refractivity contribution is 5.89. The van der Waals surface area contributed by atoms with Gasteiger partial charge in [0.1, 0.15) is 12.4 Å². The van der Waals surface area contributed by atoms with E-state index in [1.54, 1.807) is 36.4 Å². The van der Waals surface area contributed by atoms with Crippen LogP contribution in [0.2, 0.25) is 0 Å². The molecule has 1 aromatic carbocycles. The molecule has 1 aromatic rings. The molecule has 0 aliphatic carbocycles. The van der Waals surface area contributed by atoms with Gasteiger partial charge < -0.3 is 14.4 Å². The van der Waals surface area contributed by atoms with E-state index in [-0.39, 0.29) is 25.9 Å². The normalized spacial score (nSPS) is 9.85. The summed E-state index contributed by atoms with van der Waals surface area (Å²) in [4.78, 5) is 25.1. The Morgan fingerprint density at radius 2 is 1.74 bits per heavy atom. The summed E-state index contributed by atoms with van der Waals surface area (Å²) in [6.07, 6.45) is 4.73. The van der Waals surface area contributed by atoms with Crippen molar-refractivity contribution in [3.63, 3.8) is 0 Å². The molecule has 0 aromatic heterocycles. The lowest BCUT2D eigenvalue weighted by molar-refractivity contribution is -0.148. The Morgan fingerprint density at radius 1 is 1.11 bits per heavy atom. The molecule has 0 aliphatic rings. The number of carbonyl (C=O) groups excluding carboxylic acids is 2. The van der Waals surface area contributed by atoms with Crippen molar-refractivity contribution in [2.45, 2.75) is 12.8 Å². The van der Waals surface area contributed by atoms with Crippen LogP contribution in [0.5, 0.6) is 5.75 Å². The Labute approximate surface area is 158 Å². The van der Waals surface area contributed by atoms with Gasteiger partial charge in [-0.05, 0) is 23.8 Å². The average Bonchev–Trinajstić information content (AvgIpc) is 2.69. The number of rotatable bonds is 11. The van der Waals surface area contributed by atoms with E-state index in [1.165, 1.54) is 11.0 Å². The first-order chi connectivity index (χ1) is 13.1. The molecule has 0 bridgehead atoms. The van der Waals surface area contributed by atoms with Crippen LogP contribution in [0.25, 0.3) is 6.08 Å². The van der Waals surface area contributed by atoms with Gasteiger partial charge in [0.05, 0.1) is 25.0 Å². The van der Waals surface area contributed by atoms with E-state index in [4.69, 9.17) is 20.0 Å². The molecule has 0 saturated carbocycles. The van der Waals surface area contributed by atoms with Crippen LogP contribution in [0.3, 0.4) is 0 Å². The second kappa shape index (κ2) is 12.7. The minimum Gasteiger partial charge on any atom is -0.490 e. The van der Waals surface area contributed by atoms with E-state index in [2.05, 4.69) is 6.58 Å². The number of carbonyl (C=O) groups is 2. The summed E-state index contributed by atoms with van der Waals surface area (Å²) in [6, 6.07) is 11.0. The van der Waals surface area contributed by atoms with E-state index in [1.807, 2.05) is 12.1 Å². The van der Waals surface area contributed by atoms with Crippen LogP contribution in [0, 0.1) is 22.7 Å². The van der Waals surface area contributed by atoms with Crippen LogP contribution in [0.4, 0.5) is 0 Å². The third kappa shape index (κ3) is 8.89. The molecular formula is C20H21N3O4. The monoisotopic (exact) mass is 367 g/mol. The van der Waals surface area contributed by atoms with E-state index in [9.17, 15) is 9.59 Å². The number of benzene rings is 1. The topological polar surface area (TPSA) is 103 Å². The van der Waals surface area contributed by atoms with Gasteiger partial charge in [-0.25, -0.2) is 4.79 Å². The fourth-order valence-corrected chi connectivity index (χ4v) is 2.00. The van der Waals surface area contributed by atoms with Crippen molar-refractivity contribution < 1.29 is 19.1 Å². The smallest absolute Gasteiger partial charge is 0.331 e. The zero-order chi connectivity index (χ0) is 19.9. The second-order valence-electron chi connectivity index (χ2n) is 5.31. The highest BCUT2D eigenvalue weighted by Crippen LogP contribution is 2.13. The third-order valence-electron chi connectivity index (χ3n) is 3.34. The maximum Gasteiger partial charge on any atom is 0.331 e. The van der Waals surface area contributed by atoms with Crippen molar-refractivity contribution in [1.29, 1.82) is 10.5 Å². The van der Waals surface area contributed by atoms with Gasteiger partial charge in [-0.2, -0.15) is 10.5 Å². The van der Waals surface area contributed by atoms with Crippen LogP contribution >= 0.6 is 0 Å².